The molecular weight excluding hydrogens is 726 g/mol. The van der Waals surface area contributed by atoms with Gasteiger partial charge in [0.1, 0.15) is 17.0 Å². The second kappa shape index (κ2) is 16.2. The Bertz CT molecular complexity index is 2530. The van der Waals surface area contributed by atoms with E-state index in [2.05, 4.69) is 33.0 Å². The number of amides is 2. The normalized spacial score (nSPS) is 17.2. The highest BCUT2D eigenvalue weighted by Crippen LogP contribution is 2.35. The molecule has 8 rings (SSSR count). The Labute approximate surface area is 330 Å². The van der Waals surface area contributed by atoms with Gasteiger partial charge in [0.05, 0.1) is 22.8 Å². The number of rotatable bonds is 9. The summed E-state index contributed by atoms with van der Waals surface area (Å²) >= 11 is 0. The maximum Gasteiger partial charge on any atom is 0.336 e. The summed E-state index contributed by atoms with van der Waals surface area (Å²) in [5, 5.41) is 9.17. The van der Waals surface area contributed by atoms with Crippen LogP contribution in [-0.4, -0.2) is 45.1 Å². The number of fused-ring (bicyclic) bond motifs is 1. The van der Waals surface area contributed by atoms with Crippen LogP contribution in [0.2, 0.25) is 0 Å². The van der Waals surface area contributed by atoms with Gasteiger partial charge < -0.3 is 15.5 Å². The zero-order valence-electron chi connectivity index (χ0n) is 33.2. The molecule has 12 nitrogen and oxygen atoms in total. The van der Waals surface area contributed by atoms with E-state index in [4.69, 9.17) is 0 Å². The molecule has 3 N–H and O–H groups in total. The van der Waals surface area contributed by atoms with Gasteiger partial charge in [-0.05, 0) is 105 Å². The molecule has 1 aliphatic carbocycles. The fourth-order valence-electron chi connectivity index (χ4n) is 8.05. The number of pyridine rings is 1. The predicted molar refractivity (Wildman–Crippen MR) is 223 cm³/mol. The summed E-state index contributed by atoms with van der Waals surface area (Å²) in [4.78, 5) is 68.4. The molecule has 3 aromatic carbocycles. The number of hydrogen-bond donors (Lipinski definition) is 3. The monoisotopic (exact) mass is 775 g/mol. The number of anilines is 4. The first-order valence-corrected chi connectivity index (χ1v) is 20.0. The highest BCUT2D eigenvalue weighted by atomic mass is 19.1. The molecule has 0 spiro atoms. The number of halogens is 1. The minimum atomic E-state index is -0.526. The second-order valence-electron chi connectivity index (χ2n) is 15.2. The summed E-state index contributed by atoms with van der Waals surface area (Å²) in [6.07, 6.45) is 4.20. The Balaban J connectivity index is 0.00000244. The summed E-state index contributed by atoms with van der Waals surface area (Å²) in [6, 6.07) is 20.0. The third-order valence-corrected chi connectivity index (χ3v) is 11.3. The van der Waals surface area contributed by atoms with Crippen molar-refractivity contribution < 1.29 is 14.0 Å². The molecule has 2 aromatic heterocycles. The van der Waals surface area contributed by atoms with Crippen molar-refractivity contribution in [2.75, 3.05) is 35.2 Å². The summed E-state index contributed by atoms with van der Waals surface area (Å²) < 4.78 is 19.1. The van der Waals surface area contributed by atoms with Gasteiger partial charge in [-0.2, -0.15) is 0 Å². The second-order valence-corrected chi connectivity index (χ2v) is 15.2. The average molecular weight is 776 g/mol. The molecule has 2 amide bonds. The molecule has 1 atom stereocenters. The van der Waals surface area contributed by atoms with Gasteiger partial charge in [0.25, 0.3) is 11.1 Å². The molecular formula is C44H50FN7O5. The van der Waals surface area contributed by atoms with E-state index >= 15 is 4.39 Å². The molecule has 13 heteroatoms. The molecule has 1 unspecified atom stereocenters. The third-order valence-electron chi connectivity index (χ3n) is 11.3. The van der Waals surface area contributed by atoms with E-state index in [0.717, 1.165) is 55.0 Å². The summed E-state index contributed by atoms with van der Waals surface area (Å²) in [5.41, 5.74) is 3.16. The Hall–Kier alpha value is -5.98. The Kier molecular flexibility index (Phi) is 11.2. The van der Waals surface area contributed by atoms with E-state index in [1.165, 1.54) is 26.8 Å². The van der Waals surface area contributed by atoms with Crippen molar-refractivity contribution in [1.82, 2.24) is 19.0 Å². The molecule has 5 aromatic rings. The van der Waals surface area contributed by atoms with Gasteiger partial charge in [-0.1, -0.05) is 38.1 Å². The van der Waals surface area contributed by atoms with Crippen LogP contribution in [-0.2, 0) is 16.6 Å². The highest BCUT2D eigenvalue weighted by Gasteiger charge is 2.32. The third kappa shape index (κ3) is 7.75. The number of nitrogens with one attached hydrogen (secondary N) is 3. The van der Waals surface area contributed by atoms with Crippen molar-refractivity contribution in [2.45, 2.75) is 78.2 Å². The number of carbonyl (C=O) groups excluding carboxylic acids is 2. The van der Waals surface area contributed by atoms with Crippen molar-refractivity contribution in [3.63, 3.8) is 0 Å². The lowest BCUT2D eigenvalue weighted by Gasteiger charge is -2.34. The minimum Gasteiger partial charge on any atom is -0.385 e. The van der Waals surface area contributed by atoms with E-state index in [9.17, 15) is 24.0 Å². The quantitative estimate of drug-likeness (QED) is 0.143. The SMILES string of the molecule is CC.Cc1ccc(Nc2c3c(=O)n(C4CC4)c(=O)n(-c4cccc(NCC5CCN(c6ccc(C7CCC(=O)NC7=O)cc6)CC5)c4)c3c(C)c(=O)n2C)c(F)c1. The molecule has 3 aliphatic rings. The van der Waals surface area contributed by atoms with Gasteiger partial charge in [0.15, 0.2) is 0 Å². The molecule has 0 radical (unpaired) electrons. The predicted octanol–water partition coefficient (Wildman–Crippen LogP) is 6.56. The van der Waals surface area contributed by atoms with Gasteiger partial charge in [0.2, 0.25) is 11.8 Å². The van der Waals surface area contributed by atoms with E-state index in [-0.39, 0.29) is 51.7 Å². The van der Waals surface area contributed by atoms with Crippen molar-refractivity contribution in [1.29, 1.82) is 0 Å². The van der Waals surface area contributed by atoms with Crippen molar-refractivity contribution in [3.05, 3.63) is 120 Å². The number of aromatic nitrogens is 3. The number of hydrogen-bond acceptors (Lipinski definition) is 8. The van der Waals surface area contributed by atoms with Gasteiger partial charge in [0, 0.05) is 56.1 Å². The van der Waals surface area contributed by atoms with Crippen LogP contribution in [0.3, 0.4) is 0 Å². The number of carbonyl (C=O) groups is 2. The number of imide groups is 1. The highest BCUT2D eigenvalue weighted by molar-refractivity contribution is 6.01. The van der Waals surface area contributed by atoms with Crippen LogP contribution in [0.4, 0.5) is 27.3 Å². The van der Waals surface area contributed by atoms with Gasteiger partial charge in [-0.15, -0.1) is 0 Å². The largest absolute Gasteiger partial charge is 0.385 e. The molecule has 57 heavy (non-hydrogen) atoms. The Morgan fingerprint density at radius 3 is 2.21 bits per heavy atom. The zero-order valence-corrected chi connectivity index (χ0v) is 33.2. The van der Waals surface area contributed by atoms with Crippen LogP contribution in [0.5, 0.6) is 0 Å². The van der Waals surface area contributed by atoms with E-state index < -0.39 is 22.6 Å². The number of benzene rings is 3. The molecule has 4 heterocycles. The lowest BCUT2D eigenvalue weighted by atomic mass is 9.90. The fraction of sp³-hybridized carbons (Fsp3) is 0.386. The number of nitrogens with zero attached hydrogens (tertiary/aromatic N) is 4. The van der Waals surface area contributed by atoms with Gasteiger partial charge >= 0.3 is 5.69 Å². The van der Waals surface area contributed by atoms with Gasteiger partial charge in [-0.3, -0.25) is 38.2 Å². The minimum absolute atomic E-state index is 0.112. The van der Waals surface area contributed by atoms with Crippen LogP contribution in [0, 0.1) is 25.6 Å². The molecule has 1 saturated carbocycles. The van der Waals surface area contributed by atoms with Crippen LogP contribution in [0.1, 0.15) is 81.0 Å². The van der Waals surface area contributed by atoms with E-state index in [0.29, 0.717) is 37.3 Å². The molecule has 3 fully saturated rings. The lowest BCUT2D eigenvalue weighted by Crippen LogP contribution is -2.41. The van der Waals surface area contributed by atoms with E-state index in [1.54, 1.807) is 32.0 Å². The maximum absolute atomic E-state index is 15.1. The first kappa shape index (κ1) is 39.3. The van der Waals surface area contributed by atoms with Crippen LogP contribution < -0.4 is 37.7 Å². The van der Waals surface area contributed by atoms with Crippen LogP contribution in [0.15, 0.2) is 81.1 Å². The lowest BCUT2D eigenvalue weighted by molar-refractivity contribution is -0.134. The molecule has 2 saturated heterocycles. The standard InChI is InChI=1S/C42H44FN7O5.C2H6/c1-24-7-15-34(33(43)21-24)45-38-36-37(25(2)40(53)47(38)3)49(42(55)50(41(36)54)30-12-13-30)31-6-4-5-28(22-31)44-23-26-17-19-48(20-18-26)29-10-8-27(9-11-29)32-14-16-35(51)46-39(32)52;1-2/h4-11,15,21-22,26,30,32,44-45H,12-14,16-20,23H2,1-3H3,(H,46,51,52);1-2H3. The van der Waals surface area contributed by atoms with Gasteiger partial charge in [-0.25, -0.2) is 9.18 Å². The van der Waals surface area contributed by atoms with Crippen LogP contribution >= 0.6 is 0 Å². The first-order valence-electron chi connectivity index (χ1n) is 20.0. The summed E-state index contributed by atoms with van der Waals surface area (Å²) in [5.74, 6) is -0.749. The van der Waals surface area contributed by atoms with Crippen molar-refractivity contribution in [2.24, 2.45) is 13.0 Å². The molecule has 2 aliphatic heterocycles. The number of aryl methyl sites for hydroxylation is 2. The molecule has 0 bridgehead atoms. The zero-order chi connectivity index (χ0) is 40.5. The summed E-state index contributed by atoms with van der Waals surface area (Å²) in [6.45, 7) is 9.87. The fourth-order valence-corrected chi connectivity index (χ4v) is 8.05. The number of piperidine rings is 2. The Morgan fingerprint density at radius 1 is 0.825 bits per heavy atom. The summed E-state index contributed by atoms with van der Waals surface area (Å²) in [7, 11) is 1.54. The van der Waals surface area contributed by atoms with E-state index in [1.807, 2.05) is 44.2 Å². The van der Waals surface area contributed by atoms with Crippen LogP contribution in [0.25, 0.3) is 16.6 Å². The smallest absolute Gasteiger partial charge is 0.336 e. The Morgan fingerprint density at radius 2 is 1.54 bits per heavy atom. The first-order chi connectivity index (χ1) is 27.5. The van der Waals surface area contributed by atoms with Crippen molar-refractivity contribution in [3.8, 4) is 5.69 Å². The molecule has 298 valence electrons. The topological polar surface area (TPSA) is 139 Å². The average Bonchev–Trinajstić information content (AvgIpc) is 4.05. The van der Waals surface area contributed by atoms with Crippen molar-refractivity contribution >= 4 is 45.6 Å². The maximum atomic E-state index is 15.1.